The first-order valence-corrected chi connectivity index (χ1v) is 8.99. The second-order valence-electron chi connectivity index (χ2n) is 7.74. The highest BCUT2D eigenvalue weighted by Gasteiger charge is 2.62. The minimum absolute atomic E-state index is 0.0663. The van der Waals surface area contributed by atoms with Gasteiger partial charge in [0.05, 0.1) is 5.41 Å². The number of likely N-dealkylation sites (N-methyl/N-ethyl adjacent to an activating group) is 1. The number of carbonyl (C=O) groups is 1. The molecule has 3 heterocycles. The Bertz CT molecular complexity index is 724. The van der Waals surface area contributed by atoms with Crippen LogP contribution in [0.5, 0.6) is 0 Å². The molecule has 1 aromatic rings. The van der Waals surface area contributed by atoms with Crippen molar-refractivity contribution in [2.24, 2.45) is 11.8 Å². The van der Waals surface area contributed by atoms with Crippen molar-refractivity contribution in [3.63, 3.8) is 0 Å². The Kier molecular flexibility index (Phi) is 2.68. The number of benzene rings is 1. The van der Waals surface area contributed by atoms with Crippen LogP contribution in [0.4, 0.5) is 5.69 Å². The molecule has 2 bridgehead atoms. The third kappa shape index (κ3) is 1.43. The summed E-state index contributed by atoms with van der Waals surface area (Å²) in [5.41, 5.74) is 5.27. The van der Waals surface area contributed by atoms with E-state index in [-0.39, 0.29) is 5.41 Å². The number of allylic oxidation sites excluding steroid dienone is 1. The van der Waals surface area contributed by atoms with Crippen LogP contribution in [0.25, 0.3) is 0 Å². The molecule has 1 aliphatic carbocycles. The number of aldehydes is 1. The maximum Gasteiger partial charge on any atom is 0.148 e. The summed E-state index contributed by atoms with van der Waals surface area (Å²) < 4.78 is 0. The lowest BCUT2D eigenvalue weighted by Crippen LogP contribution is -2.55. The average Bonchev–Trinajstić information content (AvgIpc) is 3.10. The average molecular weight is 308 g/mol. The smallest absolute Gasteiger partial charge is 0.148 e. The third-order valence-corrected chi connectivity index (χ3v) is 7.15. The van der Waals surface area contributed by atoms with Crippen LogP contribution in [-0.4, -0.2) is 37.4 Å². The predicted octanol–water partition coefficient (Wildman–Crippen LogP) is 2.96. The first kappa shape index (κ1) is 13.8. The maximum absolute atomic E-state index is 12.1. The molecule has 1 spiro atoms. The number of hydrogen-bond donors (Lipinski definition) is 0. The normalized spacial score (nSPS) is 37.8. The van der Waals surface area contributed by atoms with Crippen molar-refractivity contribution in [1.29, 1.82) is 0 Å². The van der Waals surface area contributed by atoms with Crippen molar-refractivity contribution < 1.29 is 4.79 Å². The Hall–Kier alpha value is -1.61. The van der Waals surface area contributed by atoms with Crippen molar-refractivity contribution >= 4 is 12.0 Å². The molecule has 4 aliphatic rings. The van der Waals surface area contributed by atoms with E-state index >= 15 is 0 Å². The molecule has 2 saturated heterocycles. The van der Waals surface area contributed by atoms with Crippen LogP contribution >= 0.6 is 0 Å². The zero-order valence-corrected chi connectivity index (χ0v) is 14.0. The van der Waals surface area contributed by atoms with Crippen LogP contribution in [0.2, 0.25) is 0 Å². The third-order valence-electron chi connectivity index (χ3n) is 7.15. The monoisotopic (exact) mass is 308 g/mol. The maximum atomic E-state index is 12.1. The highest BCUT2D eigenvalue weighted by molar-refractivity contribution is 5.84. The fourth-order valence-electron chi connectivity index (χ4n) is 6.23. The molecule has 0 N–H and O–H groups in total. The molecule has 4 atom stereocenters. The summed E-state index contributed by atoms with van der Waals surface area (Å²) in [6.07, 6.45) is 4.69. The molecule has 3 nitrogen and oxygen atoms in total. The fraction of sp³-hybridized carbons (Fsp3) is 0.550. The summed E-state index contributed by atoms with van der Waals surface area (Å²) in [6.45, 7) is 4.62. The fourth-order valence-corrected chi connectivity index (χ4v) is 6.23. The quantitative estimate of drug-likeness (QED) is 0.785. The number of piperidine rings is 1. The molecule has 2 fully saturated rings. The highest BCUT2D eigenvalue weighted by atomic mass is 16.1. The standard InChI is InChI=1S/C20H24N2O/c1-3-13-11-22-9-8-20-16-6-4-5-7-17(16)21(2)19(20)15(12-23)14(13)10-18(20)22/h4-7,12-14,18H,3,8-11H2,1-2H3/t13?,14-,18-,20?/m0/s1. The van der Waals surface area contributed by atoms with E-state index in [2.05, 4.69) is 48.0 Å². The number of para-hydroxylation sites is 1. The largest absolute Gasteiger partial charge is 0.347 e. The minimum atomic E-state index is 0.0663. The van der Waals surface area contributed by atoms with Gasteiger partial charge in [-0.15, -0.1) is 0 Å². The number of carbonyl (C=O) groups excluding carboxylic acids is 1. The Balaban J connectivity index is 1.83. The van der Waals surface area contributed by atoms with E-state index < -0.39 is 0 Å². The molecular weight excluding hydrogens is 284 g/mol. The van der Waals surface area contributed by atoms with E-state index in [0.29, 0.717) is 17.9 Å². The van der Waals surface area contributed by atoms with Crippen molar-refractivity contribution in [2.75, 3.05) is 25.0 Å². The van der Waals surface area contributed by atoms with Gasteiger partial charge < -0.3 is 4.90 Å². The van der Waals surface area contributed by atoms with Gasteiger partial charge in [0.2, 0.25) is 0 Å². The highest BCUT2D eigenvalue weighted by Crippen LogP contribution is 2.62. The van der Waals surface area contributed by atoms with Crippen molar-refractivity contribution in [2.45, 2.75) is 37.6 Å². The predicted molar refractivity (Wildman–Crippen MR) is 91.5 cm³/mol. The lowest BCUT2D eigenvalue weighted by molar-refractivity contribution is -0.106. The number of nitrogens with zero attached hydrogens (tertiary/aromatic N) is 2. The van der Waals surface area contributed by atoms with Gasteiger partial charge in [-0.05, 0) is 42.9 Å². The van der Waals surface area contributed by atoms with Gasteiger partial charge in [0, 0.05) is 36.6 Å². The molecule has 0 amide bonds. The molecule has 0 saturated carbocycles. The van der Waals surface area contributed by atoms with Gasteiger partial charge in [-0.1, -0.05) is 31.5 Å². The van der Waals surface area contributed by atoms with E-state index in [1.54, 1.807) is 0 Å². The van der Waals surface area contributed by atoms with Crippen molar-refractivity contribution in [3.05, 3.63) is 41.1 Å². The lowest BCUT2D eigenvalue weighted by Gasteiger charge is -2.51. The molecular formula is C20H24N2O. The Labute approximate surface area is 138 Å². The van der Waals surface area contributed by atoms with Crippen LogP contribution in [0.3, 0.4) is 0 Å². The molecule has 3 heteroatoms. The zero-order valence-electron chi connectivity index (χ0n) is 14.0. The van der Waals surface area contributed by atoms with E-state index in [0.717, 1.165) is 18.4 Å². The number of anilines is 1. The van der Waals surface area contributed by atoms with Gasteiger partial charge in [-0.25, -0.2) is 0 Å². The van der Waals surface area contributed by atoms with Gasteiger partial charge >= 0.3 is 0 Å². The molecule has 5 rings (SSSR count). The summed E-state index contributed by atoms with van der Waals surface area (Å²) in [4.78, 5) is 17.2. The molecule has 0 aromatic heterocycles. The molecule has 0 radical (unpaired) electrons. The number of rotatable bonds is 2. The minimum Gasteiger partial charge on any atom is -0.347 e. The lowest BCUT2D eigenvalue weighted by atomic mass is 9.60. The van der Waals surface area contributed by atoms with Crippen molar-refractivity contribution in [3.8, 4) is 0 Å². The van der Waals surface area contributed by atoms with Gasteiger partial charge in [-0.2, -0.15) is 0 Å². The van der Waals surface area contributed by atoms with Crippen molar-refractivity contribution in [1.82, 2.24) is 4.90 Å². The molecule has 2 unspecified atom stereocenters. The summed E-state index contributed by atoms with van der Waals surface area (Å²) in [5.74, 6) is 1.09. The second kappa shape index (κ2) is 4.47. The summed E-state index contributed by atoms with van der Waals surface area (Å²) in [5, 5.41) is 0. The zero-order chi connectivity index (χ0) is 15.8. The number of hydrogen-bond acceptors (Lipinski definition) is 3. The van der Waals surface area contributed by atoms with Crippen LogP contribution in [-0.2, 0) is 10.2 Å². The summed E-state index contributed by atoms with van der Waals surface area (Å²) in [7, 11) is 2.16. The van der Waals surface area contributed by atoms with Crippen LogP contribution < -0.4 is 4.90 Å². The molecule has 3 aliphatic heterocycles. The van der Waals surface area contributed by atoms with Crippen LogP contribution in [0.15, 0.2) is 35.5 Å². The number of fused-ring (bicyclic) bond motifs is 2. The van der Waals surface area contributed by atoms with E-state index in [1.165, 1.54) is 42.7 Å². The summed E-state index contributed by atoms with van der Waals surface area (Å²) in [6, 6.07) is 9.40. The summed E-state index contributed by atoms with van der Waals surface area (Å²) >= 11 is 0. The topological polar surface area (TPSA) is 23.6 Å². The first-order chi connectivity index (χ1) is 11.2. The Morgan fingerprint density at radius 3 is 2.96 bits per heavy atom. The van der Waals surface area contributed by atoms with Gasteiger partial charge in [0.1, 0.15) is 6.29 Å². The van der Waals surface area contributed by atoms with E-state index in [4.69, 9.17) is 0 Å². The Morgan fingerprint density at radius 1 is 1.35 bits per heavy atom. The van der Waals surface area contributed by atoms with Gasteiger partial charge in [0.15, 0.2) is 0 Å². The first-order valence-electron chi connectivity index (χ1n) is 8.99. The van der Waals surface area contributed by atoms with Gasteiger partial charge in [0.25, 0.3) is 0 Å². The van der Waals surface area contributed by atoms with E-state index in [9.17, 15) is 4.79 Å². The molecule has 1 aromatic carbocycles. The van der Waals surface area contributed by atoms with E-state index in [1.807, 2.05) is 0 Å². The van der Waals surface area contributed by atoms with Gasteiger partial charge in [-0.3, -0.25) is 9.69 Å². The van der Waals surface area contributed by atoms with Crippen LogP contribution in [0.1, 0.15) is 31.7 Å². The molecule has 120 valence electrons. The SMILES string of the molecule is CCC1CN2CCC34C(=C(C=O)[C@H]1C[C@H]23)N(C)c1ccccc14. The second-order valence-corrected chi connectivity index (χ2v) is 7.74. The van der Waals surface area contributed by atoms with Crippen LogP contribution in [0, 0.1) is 11.8 Å². The Morgan fingerprint density at radius 2 is 2.17 bits per heavy atom. The molecule has 23 heavy (non-hydrogen) atoms.